The van der Waals surface area contributed by atoms with Gasteiger partial charge in [0.25, 0.3) is 0 Å². The van der Waals surface area contributed by atoms with Gasteiger partial charge in [0.15, 0.2) is 0 Å². The first kappa shape index (κ1) is 14.9. The minimum atomic E-state index is 0.403. The summed E-state index contributed by atoms with van der Waals surface area (Å²) in [4.78, 5) is 5.56. The van der Waals surface area contributed by atoms with E-state index in [1.165, 1.54) is 28.0 Å². The molecule has 0 bridgehead atoms. The lowest BCUT2D eigenvalue weighted by molar-refractivity contribution is 0.319. The molecule has 0 aliphatic carbocycles. The summed E-state index contributed by atoms with van der Waals surface area (Å²) in [5.74, 6) is 0.952. The summed E-state index contributed by atoms with van der Waals surface area (Å²) in [5.41, 5.74) is 9.23. The van der Waals surface area contributed by atoms with Crippen LogP contribution in [0.1, 0.15) is 26.6 Å². The Labute approximate surface area is 128 Å². The van der Waals surface area contributed by atoms with Crippen molar-refractivity contribution in [3.63, 3.8) is 0 Å². The number of aryl methyl sites for hydroxylation is 2. The van der Waals surface area contributed by atoms with E-state index in [1.54, 1.807) is 6.20 Å². The van der Waals surface area contributed by atoms with E-state index in [9.17, 15) is 0 Å². The number of aromatic nitrogens is 1. The molecule has 0 atom stereocenters. The molecule has 0 radical (unpaired) electrons. The predicted molar refractivity (Wildman–Crippen MR) is 87.9 cm³/mol. The summed E-state index contributed by atoms with van der Waals surface area (Å²) < 4.78 is 5.87. The standard InChI is InChI=1S/C15H18N2OS2/c1-9-6-10(2)11(3)12(7-9)18-5-4-14-17-8-13(20-14)15(16)19/h6-8H,4-5H2,1-3H3,(H2,16,19). The highest BCUT2D eigenvalue weighted by Gasteiger charge is 2.07. The summed E-state index contributed by atoms with van der Waals surface area (Å²) in [6.45, 7) is 6.87. The maximum absolute atomic E-state index is 5.87. The second-order valence-corrected chi connectivity index (χ2v) is 6.34. The maximum atomic E-state index is 5.87. The SMILES string of the molecule is Cc1cc(C)c(C)c(OCCc2ncc(C(N)=S)s2)c1. The topological polar surface area (TPSA) is 48.1 Å². The van der Waals surface area contributed by atoms with E-state index >= 15 is 0 Å². The van der Waals surface area contributed by atoms with Gasteiger partial charge in [-0.3, -0.25) is 0 Å². The van der Waals surface area contributed by atoms with Gasteiger partial charge in [-0.1, -0.05) is 18.3 Å². The van der Waals surface area contributed by atoms with Crippen molar-refractivity contribution in [2.45, 2.75) is 27.2 Å². The first-order valence-corrected chi connectivity index (χ1v) is 7.65. The van der Waals surface area contributed by atoms with E-state index in [-0.39, 0.29) is 0 Å². The number of benzene rings is 1. The Bertz CT molecular complexity index is 635. The third-order valence-corrected chi connectivity index (χ3v) is 4.57. The van der Waals surface area contributed by atoms with Gasteiger partial charge in [-0.2, -0.15) is 0 Å². The van der Waals surface area contributed by atoms with Crippen LogP contribution in [0.4, 0.5) is 0 Å². The fraction of sp³-hybridized carbons (Fsp3) is 0.333. The summed E-state index contributed by atoms with van der Waals surface area (Å²) in [5, 5.41) is 0.995. The van der Waals surface area contributed by atoms with Crippen molar-refractivity contribution in [3.05, 3.63) is 44.9 Å². The maximum Gasteiger partial charge on any atom is 0.122 e. The van der Waals surface area contributed by atoms with Crippen LogP contribution < -0.4 is 10.5 Å². The van der Waals surface area contributed by atoms with E-state index in [2.05, 4.69) is 37.9 Å². The van der Waals surface area contributed by atoms with Crippen molar-refractivity contribution in [3.8, 4) is 5.75 Å². The van der Waals surface area contributed by atoms with Gasteiger partial charge in [0, 0.05) is 12.6 Å². The molecule has 1 aromatic heterocycles. The number of thiocarbonyl (C=S) groups is 1. The fourth-order valence-corrected chi connectivity index (χ4v) is 2.87. The molecule has 0 spiro atoms. The van der Waals surface area contributed by atoms with Crippen LogP contribution in [0.3, 0.4) is 0 Å². The minimum absolute atomic E-state index is 0.403. The molecule has 5 heteroatoms. The van der Waals surface area contributed by atoms with E-state index < -0.39 is 0 Å². The molecule has 2 N–H and O–H groups in total. The fourth-order valence-electron chi connectivity index (χ4n) is 1.94. The van der Waals surface area contributed by atoms with Gasteiger partial charge in [-0.05, 0) is 43.5 Å². The largest absolute Gasteiger partial charge is 0.493 e. The number of hydrogen-bond acceptors (Lipinski definition) is 4. The average molecular weight is 306 g/mol. The normalized spacial score (nSPS) is 10.6. The van der Waals surface area contributed by atoms with Gasteiger partial charge in [0.1, 0.15) is 10.7 Å². The summed E-state index contributed by atoms with van der Waals surface area (Å²) in [6, 6.07) is 4.24. The van der Waals surface area contributed by atoms with Crippen LogP contribution >= 0.6 is 23.6 Å². The molecule has 1 heterocycles. The third-order valence-electron chi connectivity index (χ3n) is 3.13. The van der Waals surface area contributed by atoms with E-state index in [0.717, 1.165) is 22.1 Å². The molecule has 3 nitrogen and oxygen atoms in total. The Hall–Kier alpha value is -1.46. The number of rotatable bonds is 5. The molecule has 0 unspecified atom stereocenters. The van der Waals surface area contributed by atoms with Gasteiger partial charge in [0.2, 0.25) is 0 Å². The van der Waals surface area contributed by atoms with Crippen LogP contribution in [0.2, 0.25) is 0 Å². The Kier molecular flexibility index (Phi) is 4.73. The Balaban J connectivity index is 1.97. The lowest BCUT2D eigenvalue weighted by atomic mass is 10.1. The zero-order chi connectivity index (χ0) is 14.7. The van der Waals surface area contributed by atoms with Crippen LogP contribution in [0.5, 0.6) is 5.75 Å². The van der Waals surface area contributed by atoms with Gasteiger partial charge < -0.3 is 10.5 Å². The molecule has 0 aliphatic rings. The van der Waals surface area contributed by atoms with Crippen LogP contribution in [0.25, 0.3) is 0 Å². The zero-order valence-electron chi connectivity index (χ0n) is 11.9. The number of ether oxygens (including phenoxy) is 1. The van der Waals surface area contributed by atoms with Crippen molar-refractivity contribution >= 4 is 28.5 Å². The molecule has 0 amide bonds. The number of nitrogens with two attached hydrogens (primary N) is 1. The zero-order valence-corrected chi connectivity index (χ0v) is 13.5. The van der Waals surface area contributed by atoms with E-state index in [4.69, 9.17) is 22.7 Å². The molecule has 0 fully saturated rings. The quantitative estimate of drug-likeness (QED) is 0.861. The highest BCUT2D eigenvalue weighted by atomic mass is 32.1. The monoisotopic (exact) mass is 306 g/mol. The van der Waals surface area contributed by atoms with Crippen molar-refractivity contribution < 1.29 is 4.74 Å². The molecule has 0 aliphatic heterocycles. The van der Waals surface area contributed by atoms with E-state index in [0.29, 0.717) is 11.6 Å². The van der Waals surface area contributed by atoms with Crippen molar-refractivity contribution in [2.24, 2.45) is 5.73 Å². The summed E-state index contributed by atoms with van der Waals surface area (Å²) in [6.07, 6.45) is 2.49. The lowest BCUT2D eigenvalue weighted by Crippen LogP contribution is -2.06. The first-order valence-electron chi connectivity index (χ1n) is 6.42. The summed E-state index contributed by atoms with van der Waals surface area (Å²) >= 11 is 6.46. The molecule has 2 aromatic rings. The van der Waals surface area contributed by atoms with Gasteiger partial charge >= 0.3 is 0 Å². The molecule has 20 heavy (non-hydrogen) atoms. The van der Waals surface area contributed by atoms with Crippen molar-refractivity contribution in [1.29, 1.82) is 0 Å². The van der Waals surface area contributed by atoms with Crippen LogP contribution in [0.15, 0.2) is 18.3 Å². The summed E-state index contributed by atoms with van der Waals surface area (Å²) in [7, 11) is 0. The number of nitrogens with zero attached hydrogens (tertiary/aromatic N) is 1. The van der Waals surface area contributed by atoms with Crippen molar-refractivity contribution in [2.75, 3.05) is 6.61 Å². The molecule has 0 saturated heterocycles. The molecule has 2 rings (SSSR count). The van der Waals surface area contributed by atoms with Crippen LogP contribution in [-0.4, -0.2) is 16.6 Å². The lowest BCUT2D eigenvalue weighted by Gasteiger charge is -2.11. The molecule has 0 saturated carbocycles. The smallest absolute Gasteiger partial charge is 0.122 e. The van der Waals surface area contributed by atoms with Gasteiger partial charge in [-0.25, -0.2) is 4.98 Å². The molecule has 106 valence electrons. The number of hydrogen-bond donors (Lipinski definition) is 1. The van der Waals surface area contributed by atoms with Crippen molar-refractivity contribution in [1.82, 2.24) is 4.98 Å². The van der Waals surface area contributed by atoms with Gasteiger partial charge in [0.05, 0.1) is 16.5 Å². The highest BCUT2D eigenvalue weighted by molar-refractivity contribution is 7.81. The second-order valence-electron chi connectivity index (χ2n) is 4.79. The molecular weight excluding hydrogens is 288 g/mol. The van der Waals surface area contributed by atoms with Gasteiger partial charge in [-0.15, -0.1) is 11.3 Å². The Morgan fingerprint density at radius 3 is 2.75 bits per heavy atom. The van der Waals surface area contributed by atoms with Crippen LogP contribution in [0, 0.1) is 20.8 Å². The highest BCUT2D eigenvalue weighted by Crippen LogP contribution is 2.23. The Morgan fingerprint density at radius 1 is 1.35 bits per heavy atom. The van der Waals surface area contributed by atoms with E-state index in [1.807, 2.05) is 0 Å². The third kappa shape index (κ3) is 3.55. The predicted octanol–water partition coefficient (Wildman–Crippen LogP) is 3.32. The molecular formula is C15H18N2OS2. The second kappa shape index (κ2) is 6.33. The number of thiazole rings is 1. The average Bonchev–Trinajstić information content (AvgIpc) is 2.84. The molecule has 1 aromatic carbocycles. The Morgan fingerprint density at radius 2 is 2.10 bits per heavy atom. The van der Waals surface area contributed by atoms with Crippen LogP contribution in [-0.2, 0) is 6.42 Å². The minimum Gasteiger partial charge on any atom is -0.493 e. The first-order chi connectivity index (χ1) is 9.47.